The fourth-order valence-electron chi connectivity index (χ4n) is 3.28. The first-order valence-electron chi connectivity index (χ1n) is 10.1. The van der Waals surface area contributed by atoms with E-state index >= 15 is 0 Å². The molecule has 1 aromatic carbocycles. The number of rotatable bonds is 9. The van der Waals surface area contributed by atoms with Crippen LogP contribution in [0.1, 0.15) is 44.1 Å². The minimum absolute atomic E-state index is 0.124. The number of benzene rings is 1. The quantitative estimate of drug-likeness (QED) is 0.660. The number of hydrogen-bond donors (Lipinski definition) is 1. The summed E-state index contributed by atoms with van der Waals surface area (Å²) >= 11 is 1.79. The molecule has 0 saturated heterocycles. The lowest BCUT2D eigenvalue weighted by Gasteiger charge is -2.30. The van der Waals surface area contributed by atoms with Gasteiger partial charge in [0.1, 0.15) is 6.04 Å². The Morgan fingerprint density at radius 2 is 1.93 bits per heavy atom. The maximum Gasteiger partial charge on any atom is 0.245 e. The SMILES string of the molecule is CCCOc1ccc(NC(C)C(=O)N2CCc3sccc3C2)cc1OCCC. The molecule has 1 atom stereocenters. The van der Waals surface area contributed by atoms with E-state index in [0.717, 1.165) is 43.0 Å². The number of fused-ring (bicyclic) bond motifs is 1. The molecule has 2 heterocycles. The van der Waals surface area contributed by atoms with Gasteiger partial charge >= 0.3 is 0 Å². The predicted molar refractivity (Wildman–Crippen MR) is 115 cm³/mol. The van der Waals surface area contributed by atoms with Crippen molar-refractivity contribution in [1.82, 2.24) is 4.90 Å². The van der Waals surface area contributed by atoms with E-state index in [9.17, 15) is 4.79 Å². The van der Waals surface area contributed by atoms with Crippen LogP contribution in [0.25, 0.3) is 0 Å². The normalized spacial score (nSPS) is 14.3. The molecule has 0 spiro atoms. The first-order valence-corrected chi connectivity index (χ1v) is 11.0. The largest absolute Gasteiger partial charge is 0.490 e. The summed E-state index contributed by atoms with van der Waals surface area (Å²) in [7, 11) is 0. The molecule has 2 aromatic rings. The minimum Gasteiger partial charge on any atom is -0.490 e. The van der Waals surface area contributed by atoms with Crippen LogP contribution in [0.2, 0.25) is 0 Å². The van der Waals surface area contributed by atoms with Crippen molar-refractivity contribution >= 4 is 22.9 Å². The monoisotopic (exact) mass is 402 g/mol. The van der Waals surface area contributed by atoms with E-state index in [0.29, 0.717) is 19.8 Å². The van der Waals surface area contributed by atoms with Crippen molar-refractivity contribution in [2.24, 2.45) is 0 Å². The Balaban J connectivity index is 1.65. The second kappa shape index (κ2) is 9.82. The van der Waals surface area contributed by atoms with Crippen molar-refractivity contribution in [1.29, 1.82) is 0 Å². The van der Waals surface area contributed by atoms with Gasteiger partial charge in [0.05, 0.1) is 13.2 Å². The Kier molecular flexibility index (Phi) is 7.20. The van der Waals surface area contributed by atoms with Crippen LogP contribution in [0.3, 0.4) is 0 Å². The first kappa shape index (κ1) is 20.5. The van der Waals surface area contributed by atoms with Crippen molar-refractivity contribution in [3.8, 4) is 11.5 Å². The fraction of sp³-hybridized carbons (Fsp3) is 0.500. The number of thiophene rings is 1. The van der Waals surface area contributed by atoms with Crippen LogP contribution in [-0.4, -0.2) is 36.6 Å². The molecule has 0 aliphatic carbocycles. The van der Waals surface area contributed by atoms with Crippen molar-refractivity contribution in [3.63, 3.8) is 0 Å². The summed E-state index contributed by atoms with van der Waals surface area (Å²) in [4.78, 5) is 16.3. The summed E-state index contributed by atoms with van der Waals surface area (Å²) in [6.07, 6.45) is 2.82. The molecule has 28 heavy (non-hydrogen) atoms. The van der Waals surface area contributed by atoms with E-state index in [4.69, 9.17) is 9.47 Å². The Labute approximate surface area is 171 Å². The number of nitrogens with zero attached hydrogens (tertiary/aromatic N) is 1. The van der Waals surface area contributed by atoms with E-state index in [2.05, 4.69) is 30.6 Å². The number of nitrogens with one attached hydrogen (secondary N) is 1. The average molecular weight is 403 g/mol. The smallest absolute Gasteiger partial charge is 0.245 e. The van der Waals surface area contributed by atoms with Gasteiger partial charge in [0, 0.05) is 29.7 Å². The van der Waals surface area contributed by atoms with Gasteiger partial charge in [-0.05, 0) is 55.3 Å². The molecule has 3 rings (SSSR count). The van der Waals surface area contributed by atoms with Gasteiger partial charge < -0.3 is 19.7 Å². The van der Waals surface area contributed by atoms with Gasteiger partial charge in [-0.25, -0.2) is 0 Å². The molecule has 1 amide bonds. The van der Waals surface area contributed by atoms with Crippen LogP contribution in [0, 0.1) is 0 Å². The maximum absolute atomic E-state index is 12.9. The van der Waals surface area contributed by atoms with Crippen LogP contribution in [0.4, 0.5) is 5.69 Å². The number of carbonyl (C=O) groups is 1. The van der Waals surface area contributed by atoms with Crippen LogP contribution in [-0.2, 0) is 17.8 Å². The Morgan fingerprint density at radius 3 is 2.68 bits per heavy atom. The highest BCUT2D eigenvalue weighted by Gasteiger charge is 2.25. The average Bonchev–Trinajstić information content (AvgIpc) is 3.18. The molecule has 5 nitrogen and oxygen atoms in total. The zero-order chi connectivity index (χ0) is 19.9. The predicted octanol–water partition coefficient (Wildman–Crippen LogP) is 4.71. The molecule has 0 fully saturated rings. The third-order valence-corrected chi connectivity index (χ3v) is 5.76. The summed E-state index contributed by atoms with van der Waals surface area (Å²) in [5.41, 5.74) is 2.15. The zero-order valence-corrected chi connectivity index (χ0v) is 17.8. The zero-order valence-electron chi connectivity index (χ0n) is 17.0. The molecule has 0 radical (unpaired) electrons. The number of carbonyl (C=O) groups excluding carboxylic acids is 1. The number of ether oxygens (including phenoxy) is 2. The van der Waals surface area contributed by atoms with Gasteiger partial charge in [-0.15, -0.1) is 11.3 Å². The highest BCUT2D eigenvalue weighted by molar-refractivity contribution is 7.10. The van der Waals surface area contributed by atoms with Crippen molar-refractivity contribution in [2.45, 2.75) is 52.6 Å². The Hall–Kier alpha value is -2.21. The van der Waals surface area contributed by atoms with Gasteiger partial charge in [-0.1, -0.05) is 13.8 Å². The molecule has 0 bridgehead atoms. The molecule has 1 aliphatic rings. The highest BCUT2D eigenvalue weighted by Crippen LogP contribution is 2.31. The summed E-state index contributed by atoms with van der Waals surface area (Å²) in [6, 6.07) is 7.61. The molecular weight excluding hydrogens is 372 g/mol. The van der Waals surface area contributed by atoms with E-state index < -0.39 is 0 Å². The summed E-state index contributed by atoms with van der Waals surface area (Å²) in [5, 5.41) is 5.44. The summed E-state index contributed by atoms with van der Waals surface area (Å²) in [5.74, 6) is 1.60. The molecule has 1 aliphatic heterocycles. The summed E-state index contributed by atoms with van der Waals surface area (Å²) < 4.78 is 11.6. The molecule has 152 valence electrons. The van der Waals surface area contributed by atoms with Crippen molar-refractivity contribution < 1.29 is 14.3 Å². The summed E-state index contributed by atoms with van der Waals surface area (Å²) in [6.45, 7) is 8.86. The van der Waals surface area contributed by atoms with Gasteiger partial charge in [-0.2, -0.15) is 0 Å². The van der Waals surface area contributed by atoms with Gasteiger partial charge in [0.15, 0.2) is 11.5 Å². The van der Waals surface area contributed by atoms with Crippen molar-refractivity contribution in [2.75, 3.05) is 25.1 Å². The molecule has 1 unspecified atom stereocenters. The van der Waals surface area contributed by atoms with E-state index in [1.165, 1.54) is 10.4 Å². The molecule has 0 saturated carbocycles. The standard InChI is InChI=1S/C22H30N2O3S/c1-4-11-26-19-7-6-18(14-20(19)27-12-5-2)23-16(3)22(25)24-10-8-21-17(15-24)9-13-28-21/h6-7,9,13-14,16,23H,4-5,8,10-12,15H2,1-3H3. The Bertz CT molecular complexity index is 790. The lowest BCUT2D eigenvalue weighted by molar-refractivity contribution is -0.132. The third kappa shape index (κ3) is 4.98. The molecular formula is C22H30N2O3S. The van der Waals surface area contributed by atoms with E-state index in [-0.39, 0.29) is 11.9 Å². The minimum atomic E-state index is -0.304. The number of anilines is 1. The highest BCUT2D eigenvalue weighted by atomic mass is 32.1. The Morgan fingerprint density at radius 1 is 1.18 bits per heavy atom. The fourth-order valence-corrected chi connectivity index (χ4v) is 4.17. The van der Waals surface area contributed by atoms with Crippen LogP contribution in [0.15, 0.2) is 29.6 Å². The lowest BCUT2D eigenvalue weighted by Crippen LogP contribution is -2.43. The molecule has 1 aromatic heterocycles. The topological polar surface area (TPSA) is 50.8 Å². The molecule has 1 N–H and O–H groups in total. The van der Waals surface area contributed by atoms with E-state index in [1.807, 2.05) is 30.0 Å². The van der Waals surface area contributed by atoms with E-state index in [1.54, 1.807) is 11.3 Å². The van der Waals surface area contributed by atoms with Gasteiger partial charge in [0.25, 0.3) is 0 Å². The van der Waals surface area contributed by atoms with Gasteiger partial charge in [-0.3, -0.25) is 4.79 Å². The number of hydrogen-bond acceptors (Lipinski definition) is 5. The lowest BCUT2D eigenvalue weighted by atomic mass is 10.1. The van der Waals surface area contributed by atoms with Crippen LogP contribution in [0.5, 0.6) is 11.5 Å². The third-order valence-electron chi connectivity index (χ3n) is 4.74. The first-order chi connectivity index (χ1) is 13.6. The second-order valence-corrected chi connectivity index (χ2v) is 8.10. The van der Waals surface area contributed by atoms with Crippen molar-refractivity contribution in [3.05, 3.63) is 40.1 Å². The second-order valence-electron chi connectivity index (χ2n) is 7.10. The number of amides is 1. The van der Waals surface area contributed by atoms with Gasteiger partial charge in [0.2, 0.25) is 5.91 Å². The van der Waals surface area contributed by atoms with Crippen LogP contribution < -0.4 is 14.8 Å². The molecule has 6 heteroatoms. The maximum atomic E-state index is 12.9. The van der Waals surface area contributed by atoms with Crippen LogP contribution >= 0.6 is 11.3 Å².